The van der Waals surface area contributed by atoms with Gasteiger partial charge in [-0.05, 0) is 12.5 Å². The summed E-state index contributed by atoms with van der Waals surface area (Å²) in [6.45, 7) is 0.857. The van der Waals surface area contributed by atoms with Gasteiger partial charge in [-0.15, -0.1) is 0 Å². The third-order valence-electron chi connectivity index (χ3n) is 3.54. The van der Waals surface area contributed by atoms with E-state index >= 15 is 0 Å². The molecule has 0 unspecified atom stereocenters. The number of aliphatic imine (C=N–C) groups is 1. The van der Waals surface area contributed by atoms with Crippen molar-refractivity contribution in [3.05, 3.63) is 65.7 Å². The van der Waals surface area contributed by atoms with Gasteiger partial charge in [0.05, 0.1) is 12.3 Å². The lowest BCUT2D eigenvalue weighted by Crippen LogP contribution is -2.23. The molecule has 0 amide bonds. The van der Waals surface area contributed by atoms with Crippen LogP contribution in [-0.4, -0.2) is 30.0 Å². The van der Waals surface area contributed by atoms with Crippen LogP contribution in [0, 0.1) is 0 Å². The molecule has 3 nitrogen and oxygen atoms in total. The van der Waals surface area contributed by atoms with Gasteiger partial charge in [0, 0.05) is 29.5 Å². The molecular formula is C17H18N2O. The molecular weight excluding hydrogens is 248 g/mol. The average molecular weight is 266 g/mol. The minimum atomic E-state index is 0.177. The Balaban J connectivity index is 2.05. The van der Waals surface area contributed by atoms with E-state index in [4.69, 9.17) is 10.1 Å². The van der Waals surface area contributed by atoms with Crippen LogP contribution < -0.4 is 5.32 Å². The fourth-order valence-electron chi connectivity index (χ4n) is 2.53. The van der Waals surface area contributed by atoms with Crippen LogP contribution in [0.25, 0.3) is 0 Å². The van der Waals surface area contributed by atoms with Gasteiger partial charge in [0.15, 0.2) is 0 Å². The number of para-hydroxylation sites is 1. The molecule has 0 saturated heterocycles. The molecule has 1 heterocycles. The zero-order chi connectivity index (χ0) is 13.8. The first-order chi connectivity index (χ1) is 9.88. The Morgan fingerprint density at radius 2 is 1.80 bits per heavy atom. The molecule has 0 aromatic heterocycles. The van der Waals surface area contributed by atoms with E-state index in [0.717, 1.165) is 22.5 Å². The van der Waals surface area contributed by atoms with Crippen LogP contribution in [0.3, 0.4) is 0 Å². The Bertz CT molecular complexity index is 607. The number of hydrogen-bond donors (Lipinski definition) is 2. The van der Waals surface area contributed by atoms with Crippen LogP contribution in [0.15, 0.2) is 59.6 Å². The molecule has 20 heavy (non-hydrogen) atoms. The van der Waals surface area contributed by atoms with E-state index in [0.29, 0.717) is 13.0 Å². The molecule has 0 radical (unpaired) electrons. The number of fused-ring (bicyclic) bond motifs is 1. The van der Waals surface area contributed by atoms with Gasteiger partial charge < -0.3 is 10.4 Å². The maximum absolute atomic E-state index is 9.15. The predicted octanol–water partition coefficient (Wildman–Crippen LogP) is 2.70. The van der Waals surface area contributed by atoms with Crippen LogP contribution in [0.2, 0.25) is 0 Å². The zero-order valence-corrected chi connectivity index (χ0v) is 11.3. The lowest BCUT2D eigenvalue weighted by Gasteiger charge is -2.16. The first-order valence-corrected chi connectivity index (χ1v) is 6.95. The van der Waals surface area contributed by atoms with Gasteiger partial charge >= 0.3 is 0 Å². The molecule has 1 aliphatic heterocycles. The number of aliphatic hydroxyl groups excluding tert-OH is 1. The summed E-state index contributed by atoms with van der Waals surface area (Å²) >= 11 is 0. The first-order valence-electron chi connectivity index (χ1n) is 6.95. The SMILES string of the molecule is OCC[C@@H]1CN=C(c2ccccc2)c2ccccc2N1. The molecule has 2 aromatic carbocycles. The third-order valence-corrected chi connectivity index (χ3v) is 3.54. The van der Waals surface area contributed by atoms with Gasteiger partial charge in [0.25, 0.3) is 0 Å². The summed E-state index contributed by atoms with van der Waals surface area (Å²) in [5, 5.41) is 12.6. The van der Waals surface area contributed by atoms with Crippen molar-refractivity contribution < 1.29 is 5.11 Å². The maximum atomic E-state index is 9.15. The molecule has 2 aromatic rings. The van der Waals surface area contributed by atoms with Crippen LogP contribution in [0.5, 0.6) is 0 Å². The number of nitrogens with zero attached hydrogens (tertiary/aromatic N) is 1. The second kappa shape index (κ2) is 5.88. The Hall–Kier alpha value is -2.13. The van der Waals surface area contributed by atoms with E-state index in [1.165, 1.54) is 0 Å². The largest absolute Gasteiger partial charge is 0.396 e. The van der Waals surface area contributed by atoms with Crippen LogP contribution in [0.1, 0.15) is 17.5 Å². The molecule has 3 rings (SSSR count). The second-order valence-corrected chi connectivity index (χ2v) is 4.95. The highest BCUT2D eigenvalue weighted by molar-refractivity contribution is 6.16. The Morgan fingerprint density at radius 3 is 2.60 bits per heavy atom. The molecule has 0 bridgehead atoms. The van der Waals surface area contributed by atoms with Gasteiger partial charge in [-0.1, -0.05) is 48.5 Å². The predicted molar refractivity (Wildman–Crippen MR) is 82.5 cm³/mol. The van der Waals surface area contributed by atoms with Crippen LogP contribution in [0.4, 0.5) is 5.69 Å². The van der Waals surface area contributed by atoms with E-state index in [2.05, 4.69) is 29.6 Å². The molecule has 0 aliphatic carbocycles. The molecule has 1 atom stereocenters. The molecule has 1 aliphatic rings. The van der Waals surface area contributed by atoms with Gasteiger partial charge in [-0.25, -0.2) is 0 Å². The zero-order valence-electron chi connectivity index (χ0n) is 11.3. The van der Waals surface area contributed by atoms with Gasteiger partial charge in [0.1, 0.15) is 0 Å². The van der Waals surface area contributed by atoms with Crippen molar-refractivity contribution in [3.63, 3.8) is 0 Å². The summed E-state index contributed by atoms with van der Waals surface area (Å²) in [6, 6.07) is 18.7. The summed E-state index contributed by atoms with van der Waals surface area (Å²) in [6.07, 6.45) is 0.708. The van der Waals surface area contributed by atoms with Crippen molar-refractivity contribution in [2.75, 3.05) is 18.5 Å². The number of rotatable bonds is 3. The van der Waals surface area contributed by atoms with E-state index in [-0.39, 0.29) is 12.6 Å². The number of nitrogens with one attached hydrogen (secondary N) is 1. The summed E-state index contributed by atoms with van der Waals surface area (Å²) in [5.74, 6) is 0. The molecule has 3 heteroatoms. The average Bonchev–Trinajstić information content (AvgIpc) is 2.68. The minimum Gasteiger partial charge on any atom is -0.396 e. The lowest BCUT2D eigenvalue weighted by atomic mass is 10.0. The number of anilines is 1. The lowest BCUT2D eigenvalue weighted by molar-refractivity contribution is 0.280. The van der Waals surface area contributed by atoms with Gasteiger partial charge in [-0.3, -0.25) is 4.99 Å². The van der Waals surface area contributed by atoms with Crippen molar-refractivity contribution in [2.45, 2.75) is 12.5 Å². The third kappa shape index (κ3) is 2.58. The van der Waals surface area contributed by atoms with Crippen LogP contribution >= 0.6 is 0 Å². The number of benzene rings is 2. The van der Waals surface area contributed by atoms with Crippen molar-refractivity contribution >= 4 is 11.4 Å². The summed E-state index contributed by atoms with van der Waals surface area (Å²) in [7, 11) is 0. The quantitative estimate of drug-likeness (QED) is 0.897. The number of hydrogen-bond acceptors (Lipinski definition) is 3. The van der Waals surface area contributed by atoms with Crippen LogP contribution in [-0.2, 0) is 0 Å². The highest BCUT2D eigenvalue weighted by Gasteiger charge is 2.18. The molecule has 0 spiro atoms. The number of benzodiazepines with no additional fused rings is 1. The van der Waals surface area contributed by atoms with E-state index in [9.17, 15) is 0 Å². The maximum Gasteiger partial charge on any atom is 0.0740 e. The monoisotopic (exact) mass is 266 g/mol. The Labute approximate surface area is 119 Å². The Kier molecular flexibility index (Phi) is 3.79. The minimum absolute atomic E-state index is 0.177. The topological polar surface area (TPSA) is 44.6 Å². The van der Waals surface area contributed by atoms with Gasteiger partial charge in [-0.2, -0.15) is 0 Å². The van der Waals surface area contributed by atoms with Crippen molar-refractivity contribution in [1.82, 2.24) is 0 Å². The van der Waals surface area contributed by atoms with E-state index in [1.807, 2.05) is 30.3 Å². The van der Waals surface area contributed by atoms with E-state index < -0.39 is 0 Å². The van der Waals surface area contributed by atoms with Crippen molar-refractivity contribution in [1.29, 1.82) is 0 Å². The molecule has 0 saturated carbocycles. The first kappa shape index (κ1) is 12.9. The summed E-state index contributed by atoms with van der Waals surface area (Å²) in [4.78, 5) is 4.78. The van der Waals surface area contributed by atoms with Crippen molar-refractivity contribution in [2.24, 2.45) is 4.99 Å². The highest BCUT2D eigenvalue weighted by atomic mass is 16.3. The fourth-order valence-corrected chi connectivity index (χ4v) is 2.53. The summed E-state index contributed by atoms with van der Waals surface area (Å²) in [5.41, 5.74) is 4.37. The van der Waals surface area contributed by atoms with E-state index in [1.54, 1.807) is 0 Å². The Morgan fingerprint density at radius 1 is 1.05 bits per heavy atom. The molecule has 102 valence electrons. The molecule has 2 N–H and O–H groups in total. The van der Waals surface area contributed by atoms with Gasteiger partial charge in [0.2, 0.25) is 0 Å². The second-order valence-electron chi connectivity index (χ2n) is 4.95. The highest BCUT2D eigenvalue weighted by Crippen LogP contribution is 2.24. The number of aliphatic hydroxyl groups is 1. The fraction of sp³-hybridized carbons (Fsp3) is 0.235. The summed E-state index contributed by atoms with van der Waals surface area (Å²) < 4.78 is 0. The standard InChI is InChI=1S/C17H18N2O/c20-11-10-14-12-18-17(13-6-2-1-3-7-13)15-8-4-5-9-16(15)19-14/h1-9,14,19-20H,10-12H2/t14-/m1/s1. The molecule has 0 fully saturated rings. The van der Waals surface area contributed by atoms with Crippen molar-refractivity contribution in [3.8, 4) is 0 Å². The normalized spacial score (nSPS) is 17.6. The smallest absolute Gasteiger partial charge is 0.0740 e.